The van der Waals surface area contributed by atoms with Gasteiger partial charge in [0, 0.05) is 0 Å². The molecule has 0 aliphatic carbocycles. The molecule has 1 atom stereocenters. The van der Waals surface area contributed by atoms with Crippen LogP contribution < -0.4 is 5.50 Å². The third kappa shape index (κ3) is 2.51. The van der Waals surface area contributed by atoms with Gasteiger partial charge in [-0.2, -0.15) is 0 Å². The van der Waals surface area contributed by atoms with Crippen molar-refractivity contribution in [1.29, 1.82) is 0 Å². The van der Waals surface area contributed by atoms with E-state index in [1.165, 1.54) is 16.7 Å². The van der Waals surface area contributed by atoms with Crippen molar-refractivity contribution in [2.45, 2.75) is 5.16 Å². The molecule has 0 fully saturated rings. The zero-order valence-electron chi connectivity index (χ0n) is 11.7. The Balaban J connectivity index is 2.29. The van der Waals surface area contributed by atoms with Crippen LogP contribution in [0.1, 0.15) is 16.7 Å². The van der Waals surface area contributed by atoms with Crippen molar-refractivity contribution in [3.05, 3.63) is 108 Å². The second-order valence-electron chi connectivity index (χ2n) is 4.99. The summed E-state index contributed by atoms with van der Waals surface area (Å²) in [5.74, 6) is 0. The molecule has 0 spiro atoms. The molecule has 0 bridgehead atoms. The van der Waals surface area contributed by atoms with Crippen molar-refractivity contribution in [2.75, 3.05) is 0 Å². The molecule has 3 aromatic carbocycles. The molecule has 1 unspecified atom stereocenters. The summed E-state index contributed by atoms with van der Waals surface area (Å²) in [6.45, 7) is 0. The molecule has 0 aliphatic heterocycles. The molecule has 0 aliphatic rings. The lowest BCUT2D eigenvalue weighted by Gasteiger charge is -2.34. The Bertz CT molecular complexity index is 584. The zero-order chi connectivity index (χ0) is 14.5. The molecule has 0 aromatic heterocycles. The third-order valence-electron chi connectivity index (χ3n) is 3.84. The van der Waals surface area contributed by atoms with E-state index in [0.717, 1.165) is 0 Å². The Morgan fingerprint density at radius 3 is 1.05 bits per heavy atom. The van der Waals surface area contributed by atoms with Crippen LogP contribution in [0.4, 0.5) is 0 Å². The summed E-state index contributed by atoms with van der Waals surface area (Å²) in [6, 6.07) is 31.6. The molecule has 3 aromatic rings. The van der Waals surface area contributed by atoms with Crippen LogP contribution in [0.15, 0.2) is 91.0 Å². The molecular weight excluding hydrogens is 273 g/mol. The summed E-state index contributed by atoms with van der Waals surface area (Å²) in [5, 5.41) is -0.274. The van der Waals surface area contributed by atoms with Gasteiger partial charge in [0.2, 0.25) is 0 Å². The Labute approximate surface area is 127 Å². The first-order chi connectivity index (χ1) is 10.4. The molecule has 0 amide bonds. The minimum Gasteiger partial charge on any atom is -0.311 e. The van der Waals surface area contributed by atoms with Gasteiger partial charge in [-0.1, -0.05) is 91.0 Å². The predicted molar refractivity (Wildman–Crippen MR) is 91.7 cm³/mol. The largest absolute Gasteiger partial charge is 0.311 e. The van der Waals surface area contributed by atoms with Gasteiger partial charge in [-0.15, -0.1) is 0 Å². The zero-order valence-corrected chi connectivity index (χ0v) is 12.7. The SMILES string of the molecule is NPC(c1ccccc1)(c1ccccc1)c1ccccc1. The van der Waals surface area contributed by atoms with Crippen LogP contribution in [-0.2, 0) is 5.16 Å². The third-order valence-corrected chi connectivity index (χ3v) is 5.14. The van der Waals surface area contributed by atoms with Crippen LogP contribution >= 0.6 is 8.73 Å². The topological polar surface area (TPSA) is 26.0 Å². The molecule has 2 heteroatoms. The highest BCUT2D eigenvalue weighted by Gasteiger charge is 2.34. The highest BCUT2D eigenvalue weighted by Crippen LogP contribution is 2.48. The number of hydrogen-bond acceptors (Lipinski definition) is 1. The number of rotatable bonds is 4. The molecule has 104 valence electrons. The molecule has 0 saturated carbocycles. The fourth-order valence-corrected chi connectivity index (χ4v) is 3.81. The van der Waals surface area contributed by atoms with Crippen LogP contribution in [0.25, 0.3) is 0 Å². The van der Waals surface area contributed by atoms with E-state index in [9.17, 15) is 0 Å². The quantitative estimate of drug-likeness (QED) is 0.554. The van der Waals surface area contributed by atoms with Crippen LogP contribution in [-0.4, -0.2) is 0 Å². The van der Waals surface area contributed by atoms with E-state index in [1.807, 2.05) is 18.2 Å². The van der Waals surface area contributed by atoms with Gasteiger partial charge in [-0.05, 0) is 25.4 Å². The van der Waals surface area contributed by atoms with Crippen molar-refractivity contribution in [3.63, 3.8) is 0 Å². The highest BCUT2D eigenvalue weighted by molar-refractivity contribution is 7.37. The summed E-state index contributed by atoms with van der Waals surface area (Å²) >= 11 is 0. The van der Waals surface area contributed by atoms with E-state index >= 15 is 0 Å². The lowest BCUT2D eigenvalue weighted by molar-refractivity contribution is 0.886. The summed E-state index contributed by atoms with van der Waals surface area (Å²) in [7, 11) is 0.251. The molecular formula is C19H18NP. The Morgan fingerprint density at radius 1 is 0.524 bits per heavy atom. The van der Waals surface area contributed by atoms with Crippen molar-refractivity contribution >= 4 is 8.73 Å². The van der Waals surface area contributed by atoms with Gasteiger partial charge in [-0.25, -0.2) is 0 Å². The monoisotopic (exact) mass is 291 g/mol. The Morgan fingerprint density at radius 2 is 0.810 bits per heavy atom. The van der Waals surface area contributed by atoms with Crippen LogP contribution in [0.5, 0.6) is 0 Å². The normalized spacial score (nSPS) is 11.9. The summed E-state index contributed by atoms with van der Waals surface area (Å²) in [4.78, 5) is 0. The van der Waals surface area contributed by atoms with E-state index < -0.39 is 0 Å². The first kappa shape index (κ1) is 14.0. The number of benzene rings is 3. The van der Waals surface area contributed by atoms with Gasteiger partial charge in [0.25, 0.3) is 0 Å². The van der Waals surface area contributed by atoms with Crippen molar-refractivity contribution < 1.29 is 0 Å². The van der Waals surface area contributed by atoms with Crippen LogP contribution in [0.2, 0.25) is 0 Å². The van der Waals surface area contributed by atoms with Gasteiger partial charge in [0.15, 0.2) is 0 Å². The van der Waals surface area contributed by atoms with E-state index in [2.05, 4.69) is 72.8 Å². The highest BCUT2D eigenvalue weighted by atomic mass is 31.1. The minimum atomic E-state index is -0.274. The smallest absolute Gasteiger partial charge is 0.0752 e. The summed E-state index contributed by atoms with van der Waals surface area (Å²) in [5.41, 5.74) is 10.0. The lowest BCUT2D eigenvalue weighted by atomic mass is 9.84. The fourth-order valence-electron chi connectivity index (χ4n) is 2.81. The maximum atomic E-state index is 6.33. The molecule has 0 saturated heterocycles. The van der Waals surface area contributed by atoms with Crippen molar-refractivity contribution in [1.82, 2.24) is 0 Å². The van der Waals surface area contributed by atoms with Crippen LogP contribution in [0, 0.1) is 0 Å². The Hall–Kier alpha value is -1.95. The summed E-state index contributed by atoms with van der Waals surface area (Å²) in [6.07, 6.45) is 0. The van der Waals surface area contributed by atoms with Gasteiger partial charge in [-0.3, -0.25) is 0 Å². The van der Waals surface area contributed by atoms with E-state index in [1.54, 1.807) is 0 Å². The average molecular weight is 291 g/mol. The average Bonchev–Trinajstić information content (AvgIpc) is 2.59. The van der Waals surface area contributed by atoms with Crippen LogP contribution in [0.3, 0.4) is 0 Å². The lowest BCUT2D eigenvalue weighted by Crippen LogP contribution is -2.25. The van der Waals surface area contributed by atoms with Gasteiger partial charge < -0.3 is 5.50 Å². The molecule has 0 heterocycles. The van der Waals surface area contributed by atoms with E-state index in [4.69, 9.17) is 5.50 Å². The number of hydrogen-bond donors (Lipinski definition) is 1. The molecule has 2 N–H and O–H groups in total. The molecule has 3 rings (SSSR count). The molecule has 21 heavy (non-hydrogen) atoms. The first-order valence-electron chi connectivity index (χ1n) is 7.02. The minimum absolute atomic E-state index is 0.251. The van der Waals surface area contributed by atoms with Gasteiger partial charge >= 0.3 is 0 Å². The van der Waals surface area contributed by atoms with E-state index in [-0.39, 0.29) is 13.9 Å². The maximum Gasteiger partial charge on any atom is 0.0752 e. The maximum absolute atomic E-state index is 6.33. The van der Waals surface area contributed by atoms with Crippen molar-refractivity contribution in [3.8, 4) is 0 Å². The van der Waals surface area contributed by atoms with Gasteiger partial charge in [0.05, 0.1) is 5.16 Å². The fraction of sp³-hybridized carbons (Fsp3) is 0.0526. The summed E-state index contributed by atoms with van der Waals surface area (Å²) < 4.78 is 0. The van der Waals surface area contributed by atoms with Gasteiger partial charge in [0.1, 0.15) is 0 Å². The number of nitrogens with two attached hydrogens (primary N) is 1. The standard InChI is InChI=1S/C19H18NP/c20-21-19(16-10-4-1-5-11-16,17-12-6-2-7-13-17)18-14-8-3-9-15-18/h1-15,21H,20H2. The van der Waals surface area contributed by atoms with Crippen molar-refractivity contribution in [2.24, 2.45) is 5.50 Å². The van der Waals surface area contributed by atoms with E-state index in [0.29, 0.717) is 0 Å². The second kappa shape index (κ2) is 6.22. The first-order valence-corrected chi connectivity index (χ1v) is 8.10. The second-order valence-corrected chi connectivity index (χ2v) is 6.03. The molecule has 0 radical (unpaired) electrons. The Kier molecular flexibility index (Phi) is 4.15. The predicted octanol–water partition coefficient (Wildman–Crippen LogP) is 4.53. The molecule has 1 nitrogen and oxygen atoms in total.